The van der Waals surface area contributed by atoms with Crippen molar-refractivity contribution in [3.05, 3.63) is 72.1 Å². The maximum atomic E-state index is 10.8. The van der Waals surface area contributed by atoms with Gasteiger partial charge in [0, 0.05) is 29.7 Å². The highest BCUT2D eigenvalue weighted by molar-refractivity contribution is 5.80. The van der Waals surface area contributed by atoms with E-state index in [4.69, 9.17) is 0 Å². The number of carbonyl (C=O) groups is 1. The Bertz CT molecular complexity index is 874. The molecule has 0 fully saturated rings. The maximum Gasteiger partial charge on any atom is 0.153 e. The monoisotopic (exact) mass is 318 g/mol. The molecule has 1 N–H and O–H groups in total. The number of aldehydes is 1. The van der Waals surface area contributed by atoms with Crippen LogP contribution in [0.5, 0.6) is 5.75 Å². The van der Waals surface area contributed by atoms with Crippen LogP contribution >= 0.6 is 0 Å². The Morgan fingerprint density at radius 2 is 1.79 bits per heavy atom. The molecule has 24 heavy (non-hydrogen) atoms. The first-order valence-corrected chi connectivity index (χ1v) is 7.69. The Balaban J connectivity index is 0.00000100. The lowest BCUT2D eigenvalue weighted by Gasteiger charge is -2.04. The van der Waals surface area contributed by atoms with Crippen LogP contribution in [-0.4, -0.2) is 16.0 Å². The third-order valence-corrected chi connectivity index (χ3v) is 3.47. The Labute approximate surface area is 141 Å². The van der Waals surface area contributed by atoms with E-state index in [1.54, 1.807) is 22.9 Å². The molecule has 0 radical (unpaired) electrons. The number of aromatic hydroxyl groups is 1. The van der Waals surface area contributed by atoms with Crippen LogP contribution in [0.1, 0.15) is 29.8 Å². The first-order chi connectivity index (χ1) is 11.7. The van der Waals surface area contributed by atoms with Crippen molar-refractivity contribution in [3.8, 4) is 28.6 Å². The van der Waals surface area contributed by atoms with Gasteiger partial charge < -0.3 is 9.67 Å². The summed E-state index contributed by atoms with van der Waals surface area (Å²) >= 11 is 0. The number of hydrogen-bond acceptors (Lipinski definition) is 3. The normalized spacial score (nSPS) is 9.54. The molecule has 0 aliphatic rings. The third kappa shape index (κ3) is 3.36. The van der Waals surface area contributed by atoms with Crippen LogP contribution in [0.2, 0.25) is 0 Å². The number of aromatic nitrogens is 1. The van der Waals surface area contributed by atoms with Gasteiger partial charge in [0.1, 0.15) is 11.8 Å². The van der Waals surface area contributed by atoms with Gasteiger partial charge in [-0.25, -0.2) is 0 Å². The van der Waals surface area contributed by atoms with E-state index in [1.165, 1.54) is 6.07 Å². The van der Waals surface area contributed by atoms with Gasteiger partial charge in [0.2, 0.25) is 0 Å². The zero-order valence-corrected chi connectivity index (χ0v) is 13.6. The second-order valence-corrected chi connectivity index (χ2v) is 4.83. The number of nitriles is 1. The summed E-state index contributed by atoms with van der Waals surface area (Å²) in [5.41, 5.74) is 3.24. The van der Waals surface area contributed by atoms with Gasteiger partial charge in [0.25, 0.3) is 0 Å². The van der Waals surface area contributed by atoms with Crippen molar-refractivity contribution in [1.29, 1.82) is 5.26 Å². The highest BCUT2D eigenvalue weighted by Gasteiger charge is 2.10. The first-order valence-electron chi connectivity index (χ1n) is 7.69. The average molecular weight is 318 g/mol. The molecule has 4 nitrogen and oxygen atoms in total. The molecule has 3 rings (SSSR count). The Morgan fingerprint density at radius 1 is 1.08 bits per heavy atom. The molecule has 0 amide bonds. The molecule has 0 aliphatic carbocycles. The topological polar surface area (TPSA) is 66.0 Å². The van der Waals surface area contributed by atoms with Crippen molar-refractivity contribution >= 4 is 6.29 Å². The van der Waals surface area contributed by atoms with Gasteiger partial charge in [-0.3, -0.25) is 4.79 Å². The van der Waals surface area contributed by atoms with Gasteiger partial charge in [-0.2, -0.15) is 5.26 Å². The minimum atomic E-state index is -0.0824. The zero-order valence-electron chi connectivity index (χ0n) is 13.6. The number of hydrogen-bond donors (Lipinski definition) is 1. The largest absolute Gasteiger partial charge is 0.507 e. The molecule has 0 saturated heterocycles. The van der Waals surface area contributed by atoms with E-state index in [1.807, 2.05) is 50.4 Å². The van der Waals surface area contributed by atoms with Crippen LogP contribution in [-0.2, 0) is 0 Å². The zero-order chi connectivity index (χ0) is 17.5. The van der Waals surface area contributed by atoms with Gasteiger partial charge in [-0.15, -0.1) is 0 Å². The van der Waals surface area contributed by atoms with E-state index in [-0.39, 0.29) is 11.3 Å². The van der Waals surface area contributed by atoms with Crippen molar-refractivity contribution < 1.29 is 9.90 Å². The van der Waals surface area contributed by atoms with Gasteiger partial charge >= 0.3 is 0 Å². The van der Waals surface area contributed by atoms with E-state index in [0.29, 0.717) is 17.5 Å². The third-order valence-electron chi connectivity index (χ3n) is 3.47. The minimum absolute atomic E-state index is 0.0824. The molecule has 120 valence electrons. The lowest BCUT2D eigenvalue weighted by Crippen LogP contribution is -1.91. The fourth-order valence-corrected chi connectivity index (χ4v) is 2.33. The summed E-state index contributed by atoms with van der Waals surface area (Å²) in [6.45, 7) is 4.00. The lowest BCUT2D eigenvalue weighted by atomic mass is 10.1. The van der Waals surface area contributed by atoms with Crippen LogP contribution in [0.15, 0.2) is 60.9 Å². The molecular formula is C20H18N2O2. The number of phenols is 1. The van der Waals surface area contributed by atoms with Crippen molar-refractivity contribution in [2.45, 2.75) is 13.8 Å². The summed E-state index contributed by atoms with van der Waals surface area (Å²) in [5, 5.41) is 19.1. The van der Waals surface area contributed by atoms with Crippen LogP contribution in [0, 0.1) is 11.3 Å². The number of phenolic OH excluding ortho intramolecular Hbond substituents is 1. The Morgan fingerprint density at radius 3 is 2.38 bits per heavy atom. The Kier molecular flexibility index (Phi) is 5.54. The quantitative estimate of drug-likeness (QED) is 0.720. The van der Waals surface area contributed by atoms with Gasteiger partial charge in [-0.1, -0.05) is 44.2 Å². The van der Waals surface area contributed by atoms with Gasteiger partial charge in [-0.05, 0) is 17.7 Å². The summed E-state index contributed by atoms with van der Waals surface area (Å²) < 4.78 is 1.76. The number of benzene rings is 2. The number of nitrogens with zero attached hydrogens (tertiary/aromatic N) is 2. The molecule has 3 aromatic rings. The molecule has 0 unspecified atom stereocenters. The molecular weight excluding hydrogens is 300 g/mol. The summed E-state index contributed by atoms with van der Waals surface area (Å²) in [6.07, 6.45) is 4.14. The first kappa shape index (κ1) is 17.0. The van der Waals surface area contributed by atoms with Crippen LogP contribution < -0.4 is 0 Å². The summed E-state index contributed by atoms with van der Waals surface area (Å²) in [7, 11) is 0. The van der Waals surface area contributed by atoms with E-state index < -0.39 is 0 Å². The molecule has 2 aromatic carbocycles. The Hall–Kier alpha value is -3.32. The summed E-state index contributed by atoms with van der Waals surface area (Å²) in [6, 6.07) is 16.6. The van der Waals surface area contributed by atoms with Gasteiger partial charge in [0.05, 0.1) is 11.1 Å². The van der Waals surface area contributed by atoms with Crippen LogP contribution in [0.3, 0.4) is 0 Å². The summed E-state index contributed by atoms with van der Waals surface area (Å²) in [4.78, 5) is 10.8. The van der Waals surface area contributed by atoms with Crippen molar-refractivity contribution in [3.63, 3.8) is 0 Å². The fourth-order valence-electron chi connectivity index (χ4n) is 2.33. The average Bonchev–Trinajstić information content (AvgIpc) is 3.08. The molecule has 1 heterocycles. The van der Waals surface area contributed by atoms with Crippen molar-refractivity contribution in [2.24, 2.45) is 0 Å². The van der Waals surface area contributed by atoms with Crippen molar-refractivity contribution in [1.82, 2.24) is 4.57 Å². The van der Waals surface area contributed by atoms with Crippen LogP contribution in [0.4, 0.5) is 0 Å². The molecule has 0 saturated carbocycles. The maximum absolute atomic E-state index is 10.8. The minimum Gasteiger partial charge on any atom is -0.507 e. The van der Waals surface area contributed by atoms with Crippen LogP contribution in [0.25, 0.3) is 16.8 Å². The van der Waals surface area contributed by atoms with E-state index in [2.05, 4.69) is 6.07 Å². The molecule has 1 aromatic heterocycles. The van der Waals surface area contributed by atoms with E-state index >= 15 is 0 Å². The van der Waals surface area contributed by atoms with Crippen molar-refractivity contribution in [2.75, 3.05) is 0 Å². The fraction of sp³-hybridized carbons (Fsp3) is 0.100. The lowest BCUT2D eigenvalue weighted by molar-refractivity contribution is 0.112. The number of carbonyl (C=O) groups excluding carboxylic acids is 1. The smallest absolute Gasteiger partial charge is 0.153 e. The second-order valence-electron chi connectivity index (χ2n) is 4.83. The molecule has 0 aliphatic heterocycles. The predicted molar refractivity (Wildman–Crippen MR) is 94.3 cm³/mol. The molecule has 0 spiro atoms. The molecule has 0 bridgehead atoms. The molecule has 4 heteroatoms. The van der Waals surface area contributed by atoms with E-state index in [9.17, 15) is 15.2 Å². The highest BCUT2D eigenvalue weighted by Crippen LogP contribution is 2.27. The SMILES string of the molecule is CC.N#Cc1cn(-c2ccc(C=O)c(O)c2)cc1-c1ccccc1. The van der Waals surface area contributed by atoms with E-state index in [0.717, 1.165) is 11.1 Å². The standard InChI is InChI=1S/C18H12N2O2.C2H6/c19-9-15-10-20(11-17(15)13-4-2-1-3-5-13)16-7-6-14(12-21)18(22)8-16;1-2/h1-8,10-12,22H;1-2H3. The number of rotatable bonds is 3. The predicted octanol–water partition coefficient (Wildman–Crippen LogP) is 4.56. The second kappa shape index (κ2) is 7.80. The highest BCUT2D eigenvalue weighted by atomic mass is 16.3. The van der Waals surface area contributed by atoms with Gasteiger partial charge in [0.15, 0.2) is 6.29 Å². The summed E-state index contributed by atoms with van der Waals surface area (Å²) in [5.74, 6) is -0.0824. The molecule has 0 atom stereocenters.